The molecule has 2 rings (SSSR count). The lowest BCUT2D eigenvalue weighted by atomic mass is 9.75. The standard InChI is InChI=1S/C15H27IO2/c1-12(2)14-3-6-15(11-16,7-4-14)18-10-13-5-8-17-9-13/h12-14H,3-11H2,1-2H3. The Morgan fingerprint density at radius 3 is 2.50 bits per heavy atom. The number of hydrogen-bond acceptors (Lipinski definition) is 2. The Labute approximate surface area is 125 Å². The molecule has 3 heteroatoms. The second kappa shape index (κ2) is 6.89. The summed E-state index contributed by atoms with van der Waals surface area (Å²) in [4.78, 5) is 0. The normalized spacial score (nSPS) is 37.3. The van der Waals surface area contributed by atoms with E-state index in [0.717, 1.165) is 36.1 Å². The van der Waals surface area contributed by atoms with Gasteiger partial charge < -0.3 is 9.47 Å². The fourth-order valence-corrected chi connectivity index (χ4v) is 4.14. The van der Waals surface area contributed by atoms with Gasteiger partial charge in [-0.2, -0.15) is 0 Å². The maximum absolute atomic E-state index is 6.34. The average Bonchev–Trinajstić information content (AvgIpc) is 2.90. The zero-order valence-electron chi connectivity index (χ0n) is 11.8. The molecule has 1 unspecified atom stereocenters. The van der Waals surface area contributed by atoms with Gasteiger partial charge >= 0.3 is 0 Å². The van der Waals surface area contributed by atoms with Crippen LogP contribution in [0.5, 0.6) is 0 Å². The first-order chi connectivity index (χ1) is 8.65. The fourth-order valence-electron chi connectivity index (χ4n) is 3.16. The smallest absolute Gasteiger partial charge is 0.0771 e. The molecule has 1 aliphatic heterocycles. The zero-order chi connectivity index (χ0) is 13.0. The summed E-state index contributed by atoms with van der Waals surface area (Å²) >= 11 is 2.51. The van der Waals surface area contributed by atoms with E-state index in [9.17, 15) is 0 Å². The summed E-state index contributed by atoms with van der Waals surface area (Å²) in [7, 11) is 0. The van der Waals surface area contributed by atoms with Crippen molar-refractivity contribution in [3.8, 4) is 0 Å². The molecule has 106 valence electrons. The van der Waals surface area contributed by atoms with Gasteiger partial charge in [0, 0.05) is 17.0 Å². The van der Waals surface area contributed by atoms with Crippen LogP contribution in [0, 0.1) is 17.8 Å². The van der Waals surface area contributed by atoms with E-state index in [4.69, 9.17) is 9.47 Å². The second-order valence-corrected chi connectivity index (χ2v) is 7.20. The van der Waals surface area contributed by atoms with Gasteiger partial charge in [-0.25, -0.2) is 0 Å². The van der Waals surface area contributed by atoms with E-state index in [1.165, 1.54) is 32.1 Å². The van der Waals surface area contributed by atoms with Crippen LogP contribution in [0.25, 0.3) is 0 Å². The summed E-state index contributed by atoms with van der Waals surface area (Å²) in [6.07, 6.45) is 6.40. The third kappa shape index (κ3) is 3.83. The molecule has 1 aliphatic carbocycles. The van der Waals surface area contributed by atoms with Gasteiger partial charge in [0.2, 0.25) is 0 Å². The zero-order valence-corrected chi connectivity index (χ0v) is 13.9. The summed E-state index contributed by atoms with van der Waals surface area (Å²) in [5.41, 5.74) is 0.175. The van der Waals surface area contributed by atoms with E-state index >= 15 is 0 Å². The van der Waals surface area contributed by atoms with Crippen molar-refractivity contribution in [2.24, 2.45) is 17.8 Å². The molecule has 0 aromatic rings. The maximum Gasteiger partial charge on any atom is 0.0771 e. The van der Waals surface area contributed by atoms with Gasteiger partial charge in [-0.1, -0.05) is 36.4 Å². The average molecular weight is 366 g/mol. The Morgan fingerprint density at radius 2 is 2.00 bits per heavy atom. The molecule has 0 bridgehead atoms. The molecular weight excluding hydrogens is 339 g/mol. The molecule has 0 spiro atoms. The molecule has 0 N–H and O–H groups in total. The predicted molar refractivity (Wildman–Crippen MR) is 83.3 cm³/mol. The van der Waals surface area contributed by atoms with Gasteiger partial charge in [-0.05, 0) is 43.9 Å². The van der Waals surface area contributed by atoms with E-state index in [2.05, 4.69) is 36.4 Å². The lowest BCUT2D eigenvalue weighted by Crippen LogP contribution is -2.41. The van der Waals surface area contributed by atoms with Crippen molar-refractivity contribution < 1.29 is 9.47 Å². The first-order valence-corrected chi connectivity index (χ1v) is 8.95. The van der Waals surface area contributed by atoms with E-state index in [-0.39, 0.29) is 5.60 Å². The van der Waals surface area contributed by atoms with Gasteiger partial charge in [0.05, 0.1) is 18.8 Å². The maximum atomic E-state index is 6.34. The number of hydrogen-bond donors (Lipinski definition) is 0. The topological polar surface area (TPSA) is 18.5 Å². The van der Waals surface area contributed by atoms with Gasteiger partial charge in [-0.3, -0.25) is 0 Å². The highest BCUT2D eigenvalue weighted by molar-refractivity contribution is 14.1. The molecule has 0 radical (unpaired) electrons. The summed E-state index contributed by atoms with van der Waals surface area (Å²) in [6.45, 7) is 7.47. The minimum atomic E-state index is 0.175. The molecule has 2 fully saturated rings. The van der Waals surface area contributed by atoms with Gasteiger partial charge in [0.25, 0.3) is 0 Å². The first-order valence-electron chi connectivity index (χ1n) is 7.43. The van der Waals surface area contributed by atoms with Gasteiger partial charge in [0.1, 0.15) is 0 Å². The summed E-state index contributed by atoms with van der Waals surface area (Å²) in [5, 5.41) is 0. The molecule has 1 heterocycles. The third-order valence-corrected chi connectivity index (χ3v) is 6.17. The highest BCUT2D eigenvalue weighted by Crippen LogP contribution is 2.39. The van der Waals surface area contributed by atoms with Crippen LogP contribution in [0.3, 0.4) is 0 Å². The monoisotopic (exact) mass is 366 g/mol. The van der Waals surface area contributed by atoms with Crippen LogP contribution >= 0.6 is 22.6 Å². The van der Waals surface area contributed by atoms with Crippen LogP contribution in [-0.4, -0.2) is 29.8 Å². The van der Waals surface area contributed by atoms with E-state index < -0.39 is 0 Å². The number of halogens is 1. The van der Waals surface area contributed by atoms with Crippen LogP contribution < -0.4 is 0 Å². The highest BCUT2D eigenvalue weighted by atomic mass is 127. The third-order valence-electron chi connectivity index (χ3n) is 4.78. The van der Waals surface area contributed by atoms with Crippen LogP contribution in [0.4, 0.5) is 0 Å². The summed E-state index contributed by atoms with van der Waals surface area (Å²) < 4.78 is 12.9. The molecule has 2 nitrogen and oxygen atoms in total. The van der Waals surface area contributed by atoms with Crippen molar-refractivity contribution in [3.63, 3.8) is 0 Å². The quantitative estimate of drug-likeness (QED) is 0.540. The minimum Gasteiger partial charge on any atom is -0.381 e. The molecule has 0 aromatic carbocycles. The van der Waals surface area contributed by atoms with Crippen molar-refractivity contribution in [2.45, 2.75) is 51.6 Å². The molecule has 0 amide bonds. The highest BCUT2D eigenvalue weighted by Gasteiger charge is 2.36. The molecule has 1 saturated carbocycles. The number of alkyl halides is 1. The Bertz CT molecular complexity index is 241. The molecular formula is C15H27IO2. The van der Waals surface area contributed by atoms with E-state index in [1.54, 1.807) is 0 Å². The van der Waals surface area contributed by atoms with E-state index in [1.807, 2.05) is 0 Å². The summed E-state index contributed by atoms with van der Waals surface area (Å²) in [5.74, 6) is 2.40. The SMILES string of the molecule is CC(C)C1CCC(CI)(OCC2CCOC2)CC1. The first kappa shape index (κ1) is 15.0. The largest absolute Gasteiger partial charge is 0.381 e. The van der Waals surface area contributed by atoms with Gasteiger partial charge in [-0.15, -0.1) is 0 Å². The van der Waals surface area contributed by atoms with Crippen LogP contribution in [-0.2, 0) is 9.47 Å². The fraction of sp³-hybridized carbons (Fsp3) is 1.00. The van der Waals surface area contributed by atoms with Crippen molar-refractivity contribution in [1.82, 2.24) is 0 Å². The Morgan fingerprint density at radius 1 is 1.28 bits per heavy atom. The lowest BCUT2D eigenvalue weighted by molar-refractivity contribution is -0.0754. The second-order valence-electron chi connectivity index (χ2n) is 6.44. The molecule has 18 heavy (non-hydrogen) atoms. The Balaban J connectivity index is 1.80. The van der Waals surface area contributed by atoms with Gasteiger partial charge in [0.15, 0.2) is 0 Å². The van der Waals surface area contributed by atoms with Crippen molar-refractivity contribution in [1.29, 1.82) is 0 Å². The molecule has 0 aromatic heterocycles. The van der Waals surface area contributed by atoms with Crippen LogP contribution in [0.15, 0.2) is 0 Å². The lowest BCUT2D eigenvalue weighted by Gasteiger charge is -2.40. The Kier molecular flexibility index (Phi) is 5.76. The molecule has 1 saturated heterocycles. The Hall–Kier alpha value is 0.650. The van der Waals surface area contributed by atoms with Crippen molar-refractivity contribution in [2.75, 3.05) is 24.2 Å². The molecule has 2 aliphatic rings. The van der Waals surface area contributed by atoms with Crippen LogP contribution in [0.1, 0.15) is 46.0 Å². The number of rotatable bonds is 5. The number of ether oxygens (including phenoxy) is 2. The minimum absolute atomic E-state index is 0.175. The molecule has 1 atom stereocenters. The predicted octanol–water partition coefficient (Wildman–Crippen LogP) is 4.06. The van der Waals surface area contributed by atoms with Crippen LogP contribution in [0.2, 0.25) is 0 Å². The van der Waals surface area contributed by atoms with E-state index in [0.29, 0.717) is 5.92 Å². The van der Waals surface area contributed by atoms with Crippen molar-refractivity contribution >= 4 is 22.6 Å². The van der Waals surface area contributed by atoms with Crippen molar-refractivity contribution in [3.05, 3.63) is 0 Å². The summed E-state index contributed by atoms with van der Waals surface area (Å²) in [6, 6.07) is 0.